The molecule has 20 heavy (non-hydrogen) atoms. The third-order valence-corrected chi connectivity index (χ3v) is 2.39. The molecule has 6 nitrogen and oxygen atoms in total. The standard InChI is InChI=1S/C14H20N2O4/c1-2-20-16-13(17)9-6-10-15-14(18)19-11-12-7-4-3-5-8-12/h3-5,7-8H,2,6,9-11H2,1H3,(H,15,18)(H,16,17). The Labute approximate surface area is 118 Å². The first-order valence-corrected chi connectivity index (χ1v) is 6.57. The Kier molecular flexibility index (Phi) is 7.83. The maximum Gasteiger partial charge on any atom is 0.407 e. The van der Waals surface area contributed by atoms with Crippen LogP contribution in [-0.2, 0) is 21.0 Å². The molecule has 0 fully saturated rings. The highest BCUT2D eigenvalue weighted by Gasteiger charge is 2.04. The van der Waals surface area contributed by atoms with Gasteiger partial charge < -0.3 is 10.1 Å². The highest BCUT2D eigenvalue weighted by atomic mass is 16.6. The van der Waals surface area contributed by atoms with Gasteiger partial charge in [0.15, 0.2) is 0 Å². The Hall–Kier alpha value is -2.08. The summed E-state index contributed by atoms with van der Waals surface area (Å²) in [7, 11) is 0. The fourth-order valence-corrected chi connectivity index (χ4v) is 1.42. The number of ether oxygens (including phenoxy) is 1. The molecule has 110 valence electrons. The fourth-order valence-electron chi connectivity index (χ4n) is 1.42. The second kappa shape index (κ2) is 9.80. The van der Waals surface area contributed by atoms with E-state index in [2.05, 4.69) is 10.8 Å². The van der Waals surface area contributed by atoms with Crippen LogP contribution >= 0.6 is 0 Å². The Bertz CT molecular complexity index is 409. The summed E-state index contributed by atoms with van der Waals surface area (Å²) in [5.41, 5.74) is 3.21. The van der Waals surface area contributed by atoms with Crippen molar-refractivity contribution in [2.75, 3.05) is 13.2 Å². The molecular formula is C14H20N2O4. The van der Waals surface area contributed by atoms with Crippen LogP contribution in [-0.4, -0.2) is 25.2 Å². The summed E-state index contributed by atoms with van der Waals surface area (Å²) in [5.74, 6) is -0.202. The van der Waals surface area contributed by atoms with Crippen molar-refractivity contribution in [3.8, 4) is 0 Å². The van der Waals surface area contributed by atoms with Gasteiger partial charge in [-0.25, -0.2) is 10.3 Å². The van der Waals surface area contributed by atoms with E-state index < -0.39 is 6.09 Å². The summed E-state index contributed by atoms with van der Waals surface area (Å²) < 4.78 is 5.02. The summed E-state index contributed by atoms with van der Waals surface area (Å²) in [6.45, 7) is 2.82. The Balaban J connectivity index is 2.04. The molecule has 1 aromatic rings. The van der Waals surface area contributed by atoms with Crippen LogP contribution in [0.15, 0.2) is 30.3 Å². The molecule has 0 radical (unpaired) electrons. The minimum absolute atomic E-state index is 0.202. The van der Waals surface area contributed by atoms with Gasteiger partial charge in [-0.3, -0.25) is 9.63 Å². The summed E-state index contributed by atoms with van der Waals surface area (Å²) >= 11 is 0. The number of rotatable bonds is 8. The third-order valence-electron chi connectivity index (χ3n) is 2.39. The fraction of sp³-hybridized carbons (Fsp3) is 0.429. The normalized spacial score (nSPS) is 9.85. The van der Waals surface area contributed by atoms with Gasteiger partial charge in [-0.2, -0.15) is 0 Å². The minimum Gasteiger partial charge on any atom is -0.445 e. The van der Waals surface area contributed by atoms with Crippen LogP contribution in [0.25, 0.3) is 0 Å². The van der Waals surface area contributed by atoms with Crippen LogP contribution in [0, 0.1) is 0 Å². The molecule has 1 rings (SSSR count). The van der Waals surface area contributed by atoms with Gasteiger partial charge in [0.25, 0.3) is 0 Å². The zero-order valence-corrected chi connectivity index (χ0v) is 11.6. The lowest BCUT2D eigenvalue weighted by Gasteiger charge is -2.07. The number of benzene rings is 1. The average Bonchev–Trinajstić information content (AvgIpc) is 2.48. The molecule has 0 aliphatic rings. The lowest BCUT2D eigenvalue weighted by Crippen LogP contribution is -2.28. The summed E-state index contributed by atoms with van der Waals surface area (Å²) in [6.07, 6.45) is 0.331. The number of hydroxylamine groups is 1. The monoisotopic (exact) mass is 280 g/mol. The van der Waals surface area contributed by atoms with Crippen LogP contribution in [0.3, 0.4) is 0 Å². The highest BCUT2D eigenvalue weighted by Crippen LogP contribution is 2.00. The number of hydrogen-bond acceptors (Lipinski definition) is 4. The number of carbonyl (C=O) groups is 2. The SMILES string of the molecule is CCONC(=O)CCCNC(=O)OCc1ccccc1. The van der Waals surface area contributed by atoms with E-state index >= 15 is 0 Å². The first kappa shape index (κ1) is 16.0. The lowest BCUT2D eigenvalue weighted by atomic mass is 10.2. The number of carbonyl (C=O) groups excluding carboxylic acids is 2. The van der Waals surface area contributed by atoms with Gasteiger partial charge in [0.1, 0.15) is 6.61 Å². The van der Waals surface area contributed by atoms with Gasteiger partial charge in [0.2, 0.25) is 5.91 Å². The molecule has 0 spiro atoms. The van der Waals surface area contributed by atoms with Gasteiger partial charge in [-0.15, -0.1) is 0 Å². The van der Waals surface area contributed by atoms with Crippen LogP contribution in [0.1, 0.15) is 25.3 Å². The molecular weight excluding hydrogens is 260 g/mol. The molecule has 0 saturated heterocycles. The van der Waals surface area contributed by atoms with Crippen molar-refractivity contribution in [3.05, 3.63) is 35.9 Å². The van der Waals surface area contributed by atoms with Crippen molar-refractivity contribution in [3.63, 3.8) is 0 Å². The van der Waals surface area contributed by atoms with Crippen LogP contribution < -0.4 is 10.8 Å². The number of amides is 2. The van der Waals surface area contributed by atoms with Crippen molar-refractivity contribution >= 4 is 12.0 Å². The Morgan fingerprint density at radius 3 is 2.65 bits per heavy atom. The van der Waals surface area contributed by atoms with Gasteiger partial charge in [0.05, 0.1) is 6.61 Å². The first-order chi connectivity index (χ1) is 9.72. The lowest BCUT2D eigenvalue weighted by molar-refractivity contribution is -0.133. The number of hydrogen-bond donors (Lipinski definition) is 2. The largest absolute Gasteiger partial charge is 0.445 e. The molecule has 0 atom stereocenters. The van der Waals surface area contributed by atoms with Crippen LogP contribution in [0.4, 0.5) is 4.79 Å². The molecule has 2 amide bonds. The molecule has 6 heteroatoms. The maximum absolute atomic E-state index is 11.4. The van der Waals surface area contributed by atoms with E-state index in [9.17, 15) is 9.59 Å². The van der Waals surface area contributed by atoms with E-state index in [0.29, 0.717) is 26.0 Å². The van der Waals surface area contributed by atoms with E-state index in [1.165, 1.54) is 0 Å². The molecule has 1 aromatic carbocycles. The topological polar surface area (TPSA) is 76.7 Å². The van der Waals surface area contributed by atoms with E-state index in [4.69, 9.17) is 9.57 Å². The van der Waals surface area contributed by atoms with Crippen molar-refractivity contribution in [2.24, 2.45) is 0 Å². The Morgan fingerprint density at radius 2 is 1.95 bits per heavy atom. The molecule has 0 aromatic heterocycles. The summed E-state index contributed by atoms with van der Waals surface area (Å²) in [4.78, 5) is 27.3. The molecule has 0 heterocycles. The number of alkyl carbamates (subject to hydrolysis) is 1. The summed E-state index contributed by atoms with van der Waals surface area (Å²) in [6, 6.07) is 9.43. The minimum atomic E-state index is -0.487. The molecule has 0 aliphatic heterocycles. The predicted molar refractivity (Wildman–Crippen MR) is 73.6 cm³/mol. The second-order valence-electron chi connectivity index (χ2n) is 4.05. The Morgan fingerprint density at radius 1 is 1.20 bits per heavy atom. The maximum atomic E-state index is 11.4. The quantitative estimate of drug-likeness (QED) is 0.562. The molecule has 0 aliphatic carbocycles. The van der Waals surface area contributed by atoms with Crippen molar-refractivity contribution in [2.45, 2.75) is 26.4 Å². The van der Waals surface area contributed by atoms with E-state index in [1.807, 2.05) is 30.3 Å². The third kappa shape index (κ3) is 7.38. The average molecular weight is 280 g/mol. The molecule has 0 saturated carbocycles. The van der Waals surface area contributed by atoms with Gasteiger partial charge in [-0.1, -0.05) is 30.3 Å². The van der Waals surface area contributed by atoms with Crippen molar-refractivity contribution in [1.29, 1.82) is 0 Å². The highest BCUT2D eigenvalue weighted by molar-refractivity contribution is 5.74. The van der Waals surface area contributed by atoms with Crippen LogP contribution in [0.2, 0.25) is 0 Å². The van der Waals surface area contributed by atoms with Crippen molar-refractivity contribution in [1.82, 2.24) is 10.8 Å². The smallest absolute Gasteiger partial charge is 0.407 e. The van der Waals surface area contributed by atoms with Crippen LogP contribution in [0.5, 0.6) is 0 Å². The first-order valence-electron chi connectivity index (χ1n) is 6.57. The second-order valence-corrected chi connectivity index (χ2v) is 4.05. The zero-order chi connectivity index (χ0) is 14.6. The van der Waals surface area contributed by atoms with Gasteiger partial charge >= 0.3 is 6.09 Å². The number of nitrogens with one attached hydrogen (secondary N) is 2. The predicted octanol–water partition coefficient (Wildman–Crippen LogP) is 1.76. The van der Waals surface area contributed by atoms with Gasteiger partial charge in [0, 0.05) is 13.0 Å². The van der Waals surface area contributed by atoms with E-state index in [0.717, 1.165) is 5.56 Å². The van der Waals surface area contributed by atoms with E-state index in [-0.39, 0.29) is 12.5 Å². The van der Waals surface area contributed by atoms with E-state index in [1.54, 1.807) is 6.92 Å². The zero-order valence-electron chi connectivity index (χ0n) is 11.6. The molecule has 2 N–H and O–H groups in total. The summed E-state index contributed by atoms with van der Waals surface area (Å²) in [5, 5.41) is 2.58. The molecule has 0 bridgehead atoms. The van der Waals surface area contributed by atoms with Crippen molar-refractivity contribution < 1.29 is 19.2 Å². The van der Waals surface area contributed by atoms with Gasteiger partial charge in [-0.05, 0) is 18.9 Å². The molecule has 0 unspecified atom stereocenters.